The third kappa shape index (κ3) is 1.70. The maximum atomic E-state index is 12.5. The van der Waals surface area contributed by atoms with Crippen LogP contribution in [0.15, 0.2) is 6.07 Å². The molecule has 1 saturated carbocycles. The Hall–Kier alpha value is -1.73. The summed E-state index contributed by atoms with van der Waals surface area (Å²) in [5, 5.41) is 7.66. The van der Waals surface area contributed by atoms with E-state index in [4.69, 9.17) is 5.73 Å². The van der Waals surface area contributed by atoms with Gasteiger partial charge in [-0.1, -0.05) is 0 Å². The largest absolute Gasteiger partial charge is 0.411 e. The molecule has 0 spiro atoms. The van der Waals surface area contributed by atoms with Gasteiger partial charge in [0.2, 0.25) is 0 Å². The fourth-order valence-electron chi connectivity index (χ4n) is 1.34. The molecule has 1 aromatic rings. The molecule has 1 fully saturated rings. The van der Waals surface area contributed by atoms with E-state index in [0.717, 1.165) is 0 Å². The van der Waals surface area contributed by atoms with Crippen molar-refractivity contribution < 1.29 is 18.0 Å². The van der Waals surface area contributed by atoms with E-state index >= 15 is 0 Å². The molecule has 0 radical (unpaired) electrons. The van der Waals surface area contributed by atoms with Crippen LogP contribution in [0.1, 0.15) is 23.3 Å². The lowest BCUT2D eigenvalue weighted by molar-refractivity contribution is -0.163. The van der Waals surface area contributed by atoms with Gasteiger partial charge < -0.3 is 11.1 Å². The first-order valence-electron chi connectivity index (χ1n) is 4.54. The van der Waals surface area contributed by atoms with Crippen LogP contribution in [0.2, 0.25) is 0 Å². The van der Waals surface area contributed by atoms with Crippen molar-refractivity contribution >= 4 is 11.7 Å². The summed E-state index contributed by atoms with van der Waals surface area (Å²) in [5.74, 6) is -0.791. The van der Waals surface area contributed by atoms with Crippen LogP contribution in [0, 0.1) is 0 Å². The molecule has 1 heterocycles. The maximum absolute atomic E-state index is 12.5. The summed E-state index contributed by atoms with van der Waals surface area (Å²) in [7, 11) is 0. The second-order valence-corrected chi connectivity index (χ2v) is 3.74. The number of amides is 1. The molecule has 0 saturated heterocycles. The number of rotatable bonds is 2. The Labute approximate surface area is 88.2 Å². The van der Waals surface area contributed by atoms with Crippen molar-refractivity contribution in [2.75, 3.05) is 5.73 Å². The number of aromatic nitrogens is 2. The number of nitrogen functional groups attached to an aromatic ring is 1. The number of carbonyl (C=O) groups excluding carboxylic acids is 1. The zero-order chi connectivity index (χ0) is 12.0. The van der Waals surface area contributed by atoms with E-state index in [0.29, 0.717) is 0 Å². The molecule has 88 valence electrons. The second kappa shape index (κ2) is 3.13. The van der Waals surface area contributed by atoms with Gasteiger partial charge in [-0.15, -0.1) is 0 Å². The van der Waals surface area contributed by atoms with Crippen LogP contribution >= 0.6 is 0 Å². The average Bonchev–Trinajstić information content (AvgIpc) is 2.81. The van der Waals surface area contributed by atoms with Crippen LogP contribution in [0.3, 0.4) is 0 Å². The molecule has 1 aliphatic carbocycles. The van der Waals surface area contributed by atoms with Gasteiger partial charge in [-0.05, 0) is 12.8 Å². The van der Waals surface area contributed by atoms with E-state index in [-0.39, 0.29) is 24.4 Å². The number of alkyl halides is 3. The number of H-pyrrole nitrogens is 1. The minimum atomic E-state index is -4.42. The first-order valence-corrected chi connectivity index (χ1v) is 4.54. The Kier molecular flexibility index (Phi) is 2.11. The summed E-state index contributed by atoms with van der Waals surface area (Å²) >= 11 is 0. The SMILES string of the molecule is Nc1cc(C(=O)NC2(C(F)(F)F)CC2)[nH]n1. The van der Waals surface area contributed by atoms with E-state index in [1.165, 1.54) is 6.07 Å². The van der Waals surface area contributed by atoms with Crippen LogP contribution in [0.25, 0.3) is 0 Å². The second-order valence-electron chi connectivity index (χ2n) is 3.74. The van der Waals surface area contributed by atoms with Gasteiger partial charge in [0.15, 0.2) is 0 Å². The Morgan fingerprint density at radius 2 is 2.19 bits per heavy atom. The lowest BCUT2D eigenvalue weighted by atomic mass is 10.2. The van der Waals surface area contributed by atoms with Crippen molar-refractivity contribution in [3.05, 3.63) is 11.8 Å². The van der Waals surface area contributed by atoms with Gasteiger partial charge in [0, 0.05) is 6.07 Å². The zero-order valence-electron chi connectivity index (χ0n) is 8.06. The first kappa shape index (κ1) is 10.8. The predicted octanol–water partition coefficient (Wildman–Crippen LogP) is 0.817. The number of halogens is 3. The van der Waals surface area contributed by atoms with Gasteiger partial charge in [-0.25, -0.2) is 0 Å². The lowest BCUT2D eigenvalue weighted by Gasteiger charge is -2.19. The third-order valence-corrected chi connectivity index (χ3v) is 2.49. The maximum Gasteiger partial charge on any atom is 0.411 e. The Morgan fingerprint density at radius 3 is 2.56 bits per heavy atom. The molecule has 4 N–H and O–H groups in total. The van der Waals surface area contributed by atoms with Crippen molar-refractivity contribution in [1.82, 2.24) is 15.5 Å². The van der Waals surface area contributed by atoms with Crippen LogP contribution in [-0.4, -0.2) is 27.8 Å². The van der Waals surface area contributed by atoms with Gasteiger partial charge in [-0.3, -0.25) is 9.89 Å². The topological polar surface area (TPSA) is 83.8 Å². The molecule has 0 bridgehead atoms. The number of hydrogen-bond acceptors (Lipinski definition) is 3. The van der Waals surface area contributed by atoms with Crippen LogP contribution < -0.4 is 11.1 Å². The molecule has 0 aromatic carbocycles. The highest BCUT2D eigenvalue weighted by Gasteiger charge is 2.64. The molecule has 0 atom stereocenters. The Morgan fingerprint density at radius 1 is 1.56 bits per heavy atom. The first-order chi connectivity index (χ1) is 7.34. The van der Waals surface area contributed by atoms with Gasteiger partial charge >= 0.3 is 6.18 Å². The molecule has 5 nitrogen and oxygen atoms in total. The fourth-order valence-corrected chi connectivity index (χ4v) is 1.34. The van der Waals surface area contributed by atoms with Gasteiger partial charge in [0.05, 0.1) is 0 Å². The van der Waals surface area contributed by atoms with E-state index in [1.807, 2.05) is 5.32 Å². The van der Waals surface area contributed by atoms with Crippen molar-refractivity contribution in [2.24, 2.45) is 0 Å². The number of nitrogens with zero attached hydrogens (tertiary/aromatic N) is 1. The number of nitrogens with one attached hydrogen (secondary N) is 2. The Balaban J connectivity index is 2.09. The standard InChI is InChI=1S/C8H9F3N4O/c9-8(10,11)7(1-2-7)13-6(16)4-3-5(12)15-14-4/h3H,1-2H2,(H,13,16)(H3,12,14,15). The molecule has 1 amide bonds. The van der Waals surface area contributed by atoms with Gasteiger partial charge in [0.1, 0.15) is 17.1 Å². The monoisotopic (exact) mass is 234 g/mol. The fraction of sp³-hybridized carbons (Fsp3) is 0.500. The molecular weight excluding hydrogens is 225 g/mol. The number of aromatic amines is 1. The summed E-state index contributed by atoms with van der Waals surface area (Å²) in [6, 6.07) is 1.18. The highest BCUT2D eigenvalue weighted by molar-refractivity contribution is 5.93. The average molecular weight is 234 g/mol. The normalized spacial score (nSPS) is 18.2. The highest BCUT2D eigenvalue weighted by atomic mass is 19.4. The minimum absolute atomic E-state index is 0.0574. The summed E-state index contributed by atoms with van der Waals surface area (Å²) in [4.78, 5) is 11.4. The zero-order valence-corrected chi connectivity index (χ0v) is 8.06. The number of hydrogen-bond donors (Lipinski definition) is 3. The molecule has 8 heteroatoms. The van der Waals surface area contributed by atoms with E-state index in [1.54, 1.807) is 0 Å². The predicted molar refractivity (Wildman–Crippen MR) is 48.5 cm³/mol. The summed E-state index contributed by atoms with van der Waals surface area (Å²) in [6.07, 6.45) is -4.61. The summed E-state index contributed by atoms with van der Waals surface area (Å²) in [5.41, 5.74) is 3.10. The van der Waals surface area contributed by atoms with E-state index in [2.05, 4.69) is 10.2 Å². The van der Waals surface area contributed by atoms with Crippen molar-refractivity contribution in [2.45, 2.75) is 24.6 Å². The Bertz CT molecular complexity index is 421. The van der Waals surface area contributed by atoms with Crippen LogP contribution in [-0.2, 0) is 0 Å². The van der Waals surface area contributed by atoms with Crippen molar-refractivity contribution in [3.8, 4) is 0 Å². The number of nitrogens with two attached hydrogens (primary N) is 1. The van der Waals surface area contributed by atoms with Gasteiger partial charge in [-0.2, -0.15) is 18.3 Å². The van der Waals surface area contributed by atoms with Crippen molar-refractivity contribution in [3.63, 3.8) is 0 Å². The van der Waals surface area contributed by atoms with Crippen molar-refractivity contribution in [1.29, 1.82) is 0 Å². The quantitative estimate of drug-likeness (QED) is 0.708. The highest BCUT2D eigenvalue weighted by Crippen LogP contribution is 2.48. The molecule has 0 unspecified atom stereocenters. The smallest absolute Gasteiger partial charge is 0.382 e. The number of carbonyl (C=O) groups is 1. The van der Waals surface area contributed by atoms with Crippen LogP contribution in [0.5, 0.6) is 0 Å². The lowest BCUT2D eigenvalue weighted by Crippen LogP contribution is -2.47. The minimum Gasteiger partial charge on any atom is -0.382 e. The molecule has 1 aromatic heterocycles. The summed E-state index contributed by atoms with van der Waals surface area (Å²) < 4.78 is 37.5. The van der Waals surface area contributed by atoms with Crippen LogP contribution in [0.4, 0.5) is 19.0 Å². The molecule has 1 aliphatic rings. The van der Waals surface area contributed by atoms with Gasteiger partial charge in [0.25, 0.3) is 5.91 Å². The molecule has 0 aliphatic heterocycles. The van der Waals surface area contributed by atoms with E-state index in [9.17, 15) is 18.0 Å². The van der Waals surface area contributed by atoms with E-state index < -0.39 is 17.6 Å². The summed E-state index contributed by atoms with van der Waals surface area (Å²) in [6.45, 7) is 0. The number of anilines is 1. The molecule has 16 heavy (non-hydrogen) atoms. The molecule has 2 rings (SSSR count). The molecular formula is C8H9F3N4O. The third-order valence-electron chi connectivity index (χ3n) is 2.49.